The molecule has 8 heteroatoms. The number of esters is 1. The summed E-state index contributed by atoms with van der Waals surface area (Å²) < 4.78 is 56.8. The maximum absolute atomic E-state index is 13.7. The zero-order chi connectivity index (χ0) is 23.8. The third-order valence-corrected chi connectivity index (χ3v) is 4.86. The molecule has 5 nitrogen and oxygen atoms in total. The van der Waals surface area contributed by atoms with Crippen LogP contribution < -0.4 is 14.9 Å². The molecule has 4 rings (SSSR count). The van der Waals surface area contributed by atoms with E-state index in [1.165, 1.54) is 24.3 Å². The zero-order valence-corrected chi connectivity index (χ0v) is 17.5. The molecule has 0 amide bonds. The third kappa shape index (κ3) is 4.59. The zero-order valence-electron chi connectivity index (χ0n) is 17.5. The number of aryl methyl sites for hydroxylation is 2. The summed E-state index contributed by atoms with van der Waals surface area (Å²) >= 11 is 0. The standard InChI is InChI=1S/C25H17F3O5/c1-14-6-5-8-16(12-14)31-22-21(29)19-11-10-17(13-20(19)33-23(22)25(26,27)28)32-24(30)18-9-4-3-7-15(18)2/h3-13H,1-2H3. The largest absolute Gasteiger partial charge is 0.453 e. The van der Waals surface area contributed by atoms with Crippen molar-refractivity contribution in [2.24, 2.45) is 0 Å². The molecule has 4 aromatic rings. The number of halogens is 3. The smallest absolute Gasteiger partial charge is 0.449 e. The molecule has 0 saturated carbocycles. The van der Waals surface area contributed by atoms with E-state index < -0.39 is 29.1 Å². The van der Waals surface area contributed by atoms with E-state index in [0.29, 0.717) is 11.1 Å². The Balaban J connectivity index is 1.77. The predicted octanol–water partition coefficient (Wildman–Crippen LogP) is 6.44. The lowest BCUT2D eigenvalue weighted by atomic mass is 10.1. The van der Waals surface area contributed by atoms with Crippen molar-refractivity contribution in [2.45, 2.75) is 20.0 Å². The van der Waals surface area contributed by atoms with E-state index in [-0.39, 0.29) is 22.5 Å². The Labute approximate surface area is 186 Å². The number of ether oxygens (including phenoxy) is 2. The Hall–Kier alpha value is -4.07. The molecule has 1 heterocycles. The first-order chi connectivity index (χ1) is 15.6. The Kier molecular flexibility index (Phi) is 5.68. The highest BCUT2D eigenvalue weighted by molar-refractivity contribution is 5.93. The van der Waals surface area contributed by atoms with Crippen LogP contribution in [0.15, 0.2) is 75.9 Å². The number of benzene rings is 3. The molecule has 0 radical (unpaired) electrons. The Morgan fingerprint density at radius 3 is 2.36 bits per heavy atom. The molecule has 168 valence electrons. The van der Waals surface area contributed by atoms with Crippen molar-refractivity contribution in [1.82, 2.24) is 0 Å². The highest BCUT2D eigenvalue weighted by Gasteiger charge is 2.40. The van der Waals surface area contributed by atoms with E-state index in [4.69, 9.17) is 13.9 Å². The van der Waals surface area contributed by atoms with Crippen molar-refractivity contribution in [3.8, 4) is 17.2 Å². The third-order valence-electron chi connectivity index (χ3n) is 4.86. The maximum Gasteiger partial charge on any atom is 0.453 e. The van der Waals surface area contributed by atoms with E-state index in [2.05, 4.69) is 0 Å². The lowest BCUT2D eigenvalue weighted by Gasteiger charge is -2.14. The minimum Gasteiger partial charge on any atom is -0.449 e. The van der Waals surface area contributed by atoms with Gasteiger partial charge in [0.15, 0.2) is 0 Å². The van der Waals surface area contributed by atoms with Crippen LogP contribution in [0.2, 0.25) is 0 Å². The van der Waals surface area contributed by atoms with E-state index in [1.54, 1.807) is 50.2 Å². The van der Waals surface area contributed by atoms with Crippen LogP contribution >= 0.6 is 0 Å². The molecule has 0 unspecified atom stereocenters. The van der Waals surface area contributed by atoms with Crippen molar-refractivity contribution in [1.29, 1.82) is 0 Å². The molecule has 0 bridgehead atoms. The monoisotopic (exact) mass is 454 g/mol. The number of alkyl halides is 3. The van der Waals surface area contributed by atoms with Crippen LogP contribution in [-0.2, 0) is 6.18 Å². The second kappa shape index (κ2) is 8.46. The second-order valence-corrected chi connectivity index (χ2v) is 7.37. The molecule has 0 spiro atoms. The van der Waals surface area contributed by atoms with Gasteiger partial charge in [0.1, 0.15) is 17.1 Å². The number of rotatable bonds is 4. The van der Waals surface area contributed by atoms with Crippen molar-refractivity contribution in [3.05, 3.63) is 99.4 Å². The summed E-state index contributed by atoms with van der Waals surface area (Å²) in [5.74, 6) is -3.24. The Morgan fingerprint density at radius 1 is 0.909 bits per heavy atom. The van der Waals surface area contributed by atoms with Gasteiger partial charge in [-0.25, -0.2) is 4.79 Å². The molecule has 0 aliphatic heterocycles. The van der Waals surface area contributed by atoms with Gasteiger partial charge in [-0.3, -0.25) is 4.79 Å². The quantitative estimate of drug-likeness (QED) is 0.262. The molecule has 0 fully saturated rings. The van der Waals surface area contributed by atoms with E-state index in [9.17, 15) is 22.8 Å². The molecule has 0 aliphatic rings. The molecule has 33 heavy (non-hydrogen) atoms. The highest BCUT2D eigenvalue weighted by atomic mass is 19.4. The van der Waals surface area contributed by atoms with E-state index >= 15 is 0 Å². The summed E-state index contributed by atoms with van der Waals surface area (Å²) in [5, 5.41) is -0.152. The number of carbonyl (C=O) groups excluding carboxylic acids is 1. The van der Waals surface area contributed by atoms with Gasteiger partial charge in [0.25, 0.3) is 5.76 Å². The molecule has 0 atom stereocenters. The van der Waals surface area contributed by atoms with Crippen molar-refractivity contribution < 1.29 is 31.9 Å². The lowest BCUT2D eigenvalue weighted by Crippen LogP contribution is -2.16. The van der Waals surface area contributed by atoms with Gasteiger partial charge in [-0.15, -0.1) is 0 Å². The second-order valence-electron chi connectivity index (χ2n) is 7.37. The fourth-order valence-corrected chi connectivity index (χ4v) is 3.26. The minimum absolute atomic E-state index is 0.0657. The van der Waals surface area contributed by atoms with Crippen LogP contribution in [-0.4, -0.2) is 5.97 Å². The average Bonchev–Trinajstić information content (AvgIpc) is 2.75. The maximum atomic E-state index is 13.7. The van der Waals surface area contributed by atoms with Crippen LogP contribution in [0.4, 0.5) is 13.2 Å². The van der Waals surface area contributed by atoms with Crippen molar-refractivity contribution in [2.75, 3.05) is 0 Å². The molecule has 0 N–H and O–H groups in total. The lowest BCUT2D eigenvalue weighted by molar-refractivity contribution is -0.154. The van der Waals surface area contributed by atoms with Crippen LogP contribution in [0.25, 0.3) is 11.0 Å². The summed E-state index contributed by atoms with van der Waals surface area (Å²) in [5.41, 5.74) is 0.330. The Morgan fingerprint density at radius 2 is 1.67 bits per heavy atom. The van der Waals surface area contributed by atoms with Crippen molar-refractivity contribution >= 4 is 16.9 Å². The normalized spacial score (nSPS) is 11.4. The first-order valence-electron chi connectivity index (χ1n) is 9.84. The van der Waals surface area contributed by atoms with Crippen LogP contribution in [0.1, 0.15) is 27.2 Å². The van der Waals surface area contributed by atoms with Crippen LogP contribution in [0.3, 0.4) is 0 Å². The Bertz CT molecular complexity index is 1420. The predicted molar refractivity (Wildman–Crippen MR) is 115 cm³/mol. The molecule has 3 aromatic carbocycles. The van der Waals surface area contributed by atoms with Gasteiger partial charge in [0, 0.05) is 6.07 Å². The van der Waals surface area contributed by atoms with Gasteiger partial charge in [0.05, 0.1) is 10.9 Å². The van der Waals surface area contributed by atoms with Gasteiger partial charge in [-0.05, 0) is 55.3 Å². The van der Waals surface area contributed by atoms with Gasteiger partial charge in [0.2, 0.25) is 11.2 Å². The van der Waals surface area contributed by atoms with Gasteiger partial charge in [-0.2, -0.15) is 13.2 Å². The van der Waals surface area contributed by atoms with Gasteiger partial charge < -0.3 is 13.9 Å². The highest BCUT2D eigenvalue weighted by Crippen LogP contribution is 2.38. The molecular formula is C25H17F3O5. The first kappa shape index (κ1) is 22.1. The summed E-state index contributed by atoms with van der Waals surface area (Å²) in [7, 11) is 0. The minimum atomic E-state index is -5.00. The fraction of sp³-hybridized carbons (Fsp3) is 0.120. The van der Waals surface area contributed by atoms with E-state index in [0.717, 1.165) is 11.6 Å². The number of hydrogen-bond donors (Lipinski definition) is 0. The van der Waals surface area contributed by atoms with E-state index in [1.807, 2.05) is 0 Å². The SMILES string of the molecule is Cc1cccc(Oc2c(C(F)(F)F)oc3cc(OC(=O)c4ccccc4C)ccc3c2=O)c1. The summed E-state index contributed by atoms with van der Waals surface area (Å²) in [6, 6.07) is 16.6. The summed E-state index contributed by atoms with van der Waals surface area (Å²) in [6.07, 6.45) is -5.00. The first-order valence-corrected chi connectivity index (χ1v) is 9.84. The summed E-state index contributed by atoms with van der Waals surface area (Å²) in [6.45, 7) is 3.46. The van der Waals surface area contributed by atoms with Crippen LogP contribution in [0, 0.1) is 13.8 Å². The van der Waals surface area contributed by atoms with Gasteiger partial charge >= 0.3 is 12.1 Å². The average molecular weight is 454 g/mol. The van der Waals surface area contributed by atoms with Gasteiger partial charge in [-0.1, -0.05) is 30.3 Å². The molecular weight excluding hydrogens is 437 g/mol. The summed E-state index contributed by atoms with van der Waals surface area (Å²) in [4.78, 5) is 25.3. The molecule has 0 saturated heterocycles. The topological polar surface area (TPSA) is 65.7 Å². The number of carbonyl (C=O) groups is 1. The fourth-order valence-electron chi connectivity index (χ4n) is 3.26. The molecule has 0 aliphatic carbocycles. The number of hydrogen-bond acceptors (Lipinski definition) is 5. The van der Waals surface area contributed by atoms with Crippen molar-refractivity contribution in [3.63, 3.8) is 0 Å². The van der Waals surface area contributed by atoms with Crippen LogP contribution in [0.5, 0.6) is 17.2 Å². The number of fused-ring (bicyclic) bond motifs is 1. The molecule has 1 aromatic heterocycles.